The molecule has 0 spiro atoms. The first-order chi connectivity index (χ1) is 7.77. The average molecular weight is 262 g/mol. The summed E-state index contributed by atoms with van der Waals surface area (Å²) in [6, 6.07) is 0.433. The summed E-state index contributed by atoms with van der Waals surface area (Å²) in [6.45, 7) is 1.16. The topological polar surface area (TPSA) is 109 Å². The monoisotopic (exact) mass is 262 g/mol. The third-order valence-corrected chi connectivity index (χ3v) is 3.70. The third-order valence-electron chi connectivity index (χ3n) is 2.14. The van der Waals surface area contributed by atoms with E-state index in [0.29, 0.717) is 0 Å². The number of carboxylic acid groups (broad SMARTS) is 1. The maximum absolute atomic E-state index is 11.8. The van der Waals surface area contributed by atoms with Gasteiger partial charge in [-0.3, -0.25) is 0 Å². The Kier molecular flexibility index (Phi) is 3.91. The molecule has 1 rings (SSSR count). The minimum absolute atomic E-state index is 0.123. The number of sulfonamides is 1. The number of rotatable bonds is 5. The van der Waals surface area contributed by atoms with Gasteiger partial charge in [0, 0.05) is 19.3 Å². The Balaban J connectivity index is 3.08. The summed E-state index contributed by atoms with van der Waals surface area (Å²) in [5.41, 5.74) is -0.123. The van der Waals surface area contributed by atoms with E-state index >= 15 is 0 Å². The number of aliphatic hydroxyl groups excluding tert-OH is 1. The van der Waals surface area contributed by atoms with Crippen molar-refractivity contribution in [3.8, 4) is 0 Å². The first kappa shape index (κ1) is 13.7. The van der Waals surface area contributed by atoms with Gasteiger partial charge in [0.2, 0.25) is 10.0 Å². The Hall–Kier alpha value is -1.38. The number of carboxylic acids is 1. The summed E-state index contributed by atoms with van der Waals surface area (Å²) >= 11 is 0. The minimum atomic E-state index is -3.80. The fraction of sp³-hybridized carbons (Fsp3) is 0.444. The SMILES string of the molecule is C[C@@H](CO)NS(=O)(=O)c1cc(C(=O)O)n(C)c1. The van der Waals surface area contributed by atoms with Crippen molar-refractivity contribution in [3.63, 3.8) is 0 Å². The molecule has 0 unspecified atom stereocenters. The lowest BCUT2D eigenvalue weighted by Crippen LogP contribution is -2.34. The number of hydrogen-bond acceptors (Lipinski definition) is 4. The number of aryl methyl sites for hydroxylation is 1. The van der Waals surface area contributed by atoms with Crippen LogP contribution in [0, 0.1) is 0 Å². The molecule has 0 fully saturated rings. The van der Waals surface area contributed by atoms with Crippen molar-refractivity contribution < 1.29 is 23.4 Å². The zero-order valence-electron chi connectivity index (χ0n) is 9.41. The quantitative estimate of drug-likeness (QED) is 0.655. The van der Waals surface area contributed by atoms with E-state index in [1.165, 1.54) is 24.7 Å². The van der Waals surface area contributed by atoms with E-state index in [4.69, 9.17) is 10.2 Å². The van der Waals surface area contributed by atoms with Gasteiger partial charge in [0.1, 0.15) is 10.6 Å². The number of aliphatic hydroxyl groups is 1. The van der Waals surface area contributed by atoms with E-state index in [1.807, 2.05) is 0 Å². The van der Waals surface area contributed by atoms with Gasteiger partial charge >= 0.3 is 5.97 Å². The lowest BCUT2D eigenvalue weighted by molar-refractivity contribution is 0.0686. The highest BCUT2D eigenvalue weighted by molar-refractivity contribution is 7.89. The number of nitrogens with zero attached hydrogens (tertiary/aromatic N) is 1. The molecule has 96 valence electrons. The Morgan fingerprint density at radius 3 is 2.59 bits per heavy atom. The van der Waals surface area contributed by atoms with E-state index in [9.17, 15) is 13.2 Å². The van der Waals surface area contributed by atoms with Gasteiger partial charge < -0.3 is 14.8 Å². The molecule has 1 atom stereocenters. The molecule has 0 aliphatic carbocycles. The van der Waals surface area contributed by atoms with Gasteiger partial charge in [0.05, 0.1) is 6.61 Å². The Labute approximate surface area is 98.7 Å². The summed E-state index contributed by atoms with van der Waals surface area (Å²) in [4.78, 5) is 10.6. The van der Waals surface area contributed by atoms with Crippen LogP contribution in [-0.4, -0.2) is 41.8 Å². The predicted molar refractivity (Wildman–Crippen MR) is 59.2 cm³/mol. The standard InChI is InChI=1S/C9H14N2O5S/c1-6(5-12)10-17(15,16)7-3-8(9(13)14)11(2)4-7/h3-4,6,10,12H,5H2,1-2H3,(H,13,14)/t6-/m0/s1. The molecule has 0 aromatic carbocycles. The van der Waals surface area contributed by atoms with E-state index in [0.717, 1.165) is 6.07 Å². The molecule has 8 heteroatoms. The van der Waals surface area contributed by atoms with E-state index < -0.39 is 22.0 Å². The molecule has 0 saturated carbocycles. The molecule has 0 amide bonds. The predicted octanol–water partition coefficient (Wildman–Crippen LogP) is -0.618. The van der Waals surface area contributed by atoms with Crippen LogP contribution in [0.4, 0.5) is 0 Å². The van der Waals surface area contributed by atoms with Gasteiger partial charge in [0.25, 0.3) is 0 Å². The van der Waals surface area contributed by atoms with Crippen LogP contribution < -0.4 is 4.72 Å². The highest BCUT2D eigenvalue weighted by Crippen LogP contribution is 2.13. The smallest absolute Gasteiger partial charge is 0.352 e. The Morgan fingerprint density at radius 1 is 1.59 bits per heavy atom. The zero-order chi connectivity index (χ0) is 13.2. The molecule has 17 heavy (non-hydrogen) atoms. The maximum atomic E-state index is 11.8. The van der Waals surface area contributed by atoms with Crippen molar-refractivity contribution in [1.82, 2.24) is 9.29 Å². The van der Waals surface area contributed by atoms with E-state index in [-0.39, 0.29) is 17.2 Å². The minimum Gasteiger partial charge on any atom is -0.477 e. The van der Waals surface area contributed by atoms with Crippen LogP contribution in [0.3, 0.4) is 0 Å². The number of nitrogens with one attached hydrogen (secondary N) is 1. The van der Waals surface area contributed by atoms with Crippen LogP contribution in [0.1, 0.15) is 17.4 Å². The van der Waals surface area contributed by atoms with Gasteiger partial charge in [0.15, 0.2) is 0 Å². The molecular weight excluding hydrogens is 248 g/mol. The van der Waals surface area contributed by atoms with Crippen LogP contribution in [0.2, 0.25) is 0 Å². The summed E-state index contributed by atoms with van der Waals surface area (Å²) in [5.74, 6) is -1.20. The van der Waals surface area contributed by atoms with Gasteiger partial charge in [-0.25, -0.2) is 17.9 Å². The third kappa shape index (κ3) is 3.05. The van der Waals surface area contributed by atoms with Crippen LogP contribution >= 0.6 is 0 Å². The Morgan fingerprint density at radius 2 is 2.18 bits per heavy atom. The van der Waals surface area contributed by atoms with Gasteiger partial charge in [-0.2, -0.15) is 0 Å². The van der Waals surface area contributed by atoms with E-state index in [1.54, 1.807) is 0 Å². The molecule has 3 N–H and O–H groups in total. The molecular formula is C9H14N2O5S. The molecule has 7 nitrogen and oxygen atoms in total. The number of aromatic carboxylic acids is 1. The second-order valence-electron chi connectivity index (χ2n) is 3.68. The highest BCUT2D eigenvalue weighted by Gasteiger charge is 2.21. The number of aromatic nitrogens is 1. The molecule has 0 radical (unpaired) electrons. The first-order valence-corrected chi connectivity index (χ1v) is 6.29. The van der Waals surface area contributed by atoms with Crippen molar-refractivity contribution in [1.29, 1.82) is 0 Å². The maximum Gasteiger partial charge on any atom is 0.352 e. The lowest BCUT2D eigenvalue weighted by atomic mass is 10.4. The molecule has 1 heterocycles. The van der Waals surface area contributed by atoms with Crippen LogP contribution in [-0.2, 0) is 17.1 Å². The Bertz CT molecular complexity index is 519. The fourth-order valence-electron chi connectivity index (χ4n) is 1.26. The summed E-state index contributed by atoms with van der Waals surface area (Å²) < 4.78 is 26.9. The van der Waals surface area contributed by atoms with Crippen molar-refractivity contribution in [2.75, 3.05) is 6.61 Å². The first-order valence-electron chi connectivity index (χ1n) is 4.80. The largest absolute Gasteiger partial charge is 0.477 e. The average Bonchev–Trinajstić information content (AvgIpc) is 2.60. The molecule has 0 bridgehead atoms. The fourth-order valence-corrected chi connectivity index (χ4v) is 2.57. The van der Waals surface area contributed by atoms with E-state index in [2.05, 4.69) is 4.72 Å². The van der Waals surface area contributed by atoms with Gasteiger partial charge in [-0.15, -0.1) is 0 Å². The van der Waals surface area contributed by atoms with Crippen molar-refractivity contribution in [3.05, 3.63) is 18.0 Å². The van der Waals surface area contributed by atoms with Crippen LogP contribution in [0.5, 0.6) is 0 Å². The van der Waals surface area contributed by atoms with Gasteiger partial charge in [-0.05, 0) is 13.0 Å². The van der Waals surface area contributed by atoms with Crippen molar-refractivity contribution in [2.24, 2.45) is 7.05 Å². The number of hydrogen-bond donors (Lipinski definition) is 3. The summed E-state index contributed by atoms with van der Waals surface area (Å²) in [6.07, 6.45) is 1.20. The molecule has 1 aromatic rings. The second kappa shape index (κ2) is 4.86. The number of carbonyl (C=O) groups is 1. The van der Waals surface area contributed by atoms with Crippen LogP contribution in [0.15, 0.2) is 17.2 Å². The van der Waals surface area contributed by atoms with Crippen LogP contribution in [0.25, 0.3) is 0 Å². The summed E-state index contributed by atoms with van der Waals surface area (Å²) in [5, 5.41) is 17.6. The zero-order valence-corrected chi connectivity index (χ0v) is 10.2. The molecule has 0 saturated heterocycles. The summed E-state index contributed by atoms with van der Waals surface area (Å²) in [7, 11) is -2.36. The van der Waals surface area contributed by atoms with Gasteiger partial charge in [-0.1, -0.05) is 0 Å². The van der Waals surface area contributed by atoms with Crippen molar-refractivity contribution >= 4 is 16.0 Å². The highest BCUT2D eigenvalue weighted by atomic mass is 32.2. The second-order valence-corrected chi connectivity index (χ2v) is 5.40. The lowest BCUT2D eigenvalue weighted by Gasteiger charge is -2.09. The molecule has 0 aliphatic rings. The molecule has 1 aromatic heterocycles. The van der Waals surface area contributed by atoms with Crippen molar-refractivity contribution in [2.45, 2.75) is 17.9 Å². The molecule has 0 aliphatic heterocycles. The normalized spacial score (nSPS) is 13.6.